The van der Waals surface area contributed by atoms with Crippen LogP contribution in [0.25, 0.3) is 0 Å². The lowest BCUT2D eigenvalue weighted by atomic mass is 9.92. The summed E-state index contributed by atoms with van der Waals surface area (Å²) in [5, 5.41) is 10.1. The van der Waals surface area contributed by atoms with Crippen LogP contribution in [-0.2, 0) is 9.59 Å². The molecule has 3 N–H and O–H groups in total. The van der Waals surface area contributed by atoms with E-state index in [4.69, 9.17) is 0 Å². The topological polar surface area (TPSA) is 114 Å². The van der Waals surface area contributed by atoms with Crippen LogP contribution < -0.4 is 15.8 Å². The number of hydrogen-bond donors (Lipinski definition) is 3. The Bertz CT molecular complexity index is 837. The van der Waals surface area contributed by atoms with Gasteiger partial charge in [-0.1, -0.05) is 32.6 Å². The highest BCUT2D eigenvalue weighted by molar-refractivity contribution is 5.80. The number of rotatable bonds is 12. The molecule has 11 heteroatoms. The van der Waals surface area contributed by atoms with Crippen molar-refractivity contribution in [2.24, 2.45) is 11.8 Å². The number of carbonyl (C=O) groups excluding carboxylic acids is 2. The molecule has 2 fully saturated rings. The molecule has 1 aromatic heterocycles. The zero-order valence-electron chi connectivity index (χ0n) is 20.5. The first-order chi connectivity index (χ1) is 16.3. The standard InChI is InChI=1S/C23H38FN7O3/c1-4-29(3)14-19-10-7-11-31(19)22-20(24)21(25-16(2)26-22)27-28-23(33)18(13-30(34)15-32)12-17-8-5-6-9-17/h15,17-19,34H,4-14H2,1-3H3,(H,28,33)(H,25,26,27)/t18-,19-/m0/s1. The minimum Gasteiger partial charge on any atom is -0.350 e. The Labute approximate surface area is 200 Å². The van der Waals surface area contributed by atoms with E-state index >= 15 is 4.39 Å². The van der Waals surface area contributed by atoms with Crippen LogP contribution in [0.2, 0.25) is 0 Å². The molecule has 0 spiro atoms. The summed E-state index contributed by atoms with van der Waals surface area (Å²) < 4.78 is 15.5. The van der Waals surface area contributed by atoms with E-state index < -0.39 is 17.6 Å². The van der Waals surface area contributed by atoms with E-state index in [1.54, 1.807) is 6.92 Å². The number of carbonyl (C=O) groups is 2. The molecule has 1 saturated heterocycles. The summed E-state index contributed by atoms with van der Waals surface area (Å²) in [5.41, 5.74) is 5.17. The van der Waals surface area contributed by atoms with Crippen LogP contribution in [-0.4, -0.2) is 76.7 Å². The van der Waals surface area contributed by atoms with Crippen molar-refractivity contribution in [3.63, 3.8) is 0 Å². The third-order valence-electron chi connectivity index (χ3n) is 6.95. The molecule has 2 amide bonds. The van der Waals surface area contributed by atoms with Gasteiger partial charge in [-0.25, -0.2) is 15.0 Å². The molecular formula is C23H38FN7O3. The van der Waals surface area contributed by atoms with E-state index in [2.05, 4.69) is 32.6 Å². The van der Waals surface area contributed by atoms with Gasteiger partial charge in [-0.15, -0.1) is 0 Å². The Hall–Kier alpha value is -2.53. The Kier molecular flexibility index (Phi) is 9.40. The summed E-state index contributed by atoms with van der Waals surface area (Å²) in [6, 6.07) is 0.158. The van der Waals surface area contributed by atoms with Crippen LogP contribution in [0.15, 0.2) is 0 Å². The van der Waals surface area contributed by atoms with Gasteiger partial charge in [0.25, 0.3) is 0 Å². The number of amides is 2. The van der Waals surface area contributed by atoms with Crippen LogP contribution in [0.3, 0.4) is 0 Å². The van der Waals surface area contributed by atoms with Gasteiger partial charge in [0, 0.05) is 19.1 Å². The number of aromatic nitrogens is 2. The summed E-state index contributed by atoms with van der Waals surface area (Å²) >= 11 is 0. The summed E-state index contributed by atoms with van der Waals surface area (Å²) in [6.07, 6.45) is 7.04. The molecule has 10 nitrogen and oxygen atoms in total. The van der Waals surface area contributed by atoms with Crippen molar-refractivity contribution in [3.8, 4) is 0 Å². The van der Waals surface area contributed by atoms with E-state index in [1.807, 2.05) is 11.9 Å². The zero-order valence-corrected chi connectivity index (χ0v) is 20.5. The summed E-state index contributed by atoms with van der Waals surface area (Å²) in [6.45, 7) is 6.09. The van der Waals surface area contributed by atoms with Gasteiger partial charge in [0.05, 0.1) is 12.5 Å². The van der Waals surface area contributed by atoms with Gasteiger partial charge >= 0.3 is 0 Å². The van der Waals surface area contributed by atoms with Crippen LogP contribution >= 0.6 is 0 Å². The predicted octanol–water partition coefficient (Wildman–Crippen LogP) is 2.33. The largest absolute Gasteiger partial charge is 0.350 e. The highest BCUT2D eigenvalue weighted by Gasteiger charge is 2.31. The van der Waals surface area contributed by atoms with Crippen LogP contribution in [0.5, 0.6) is 0 Å². The fourth-order valence-electron chi connectivity index (χ4n) is 5.02. The van der Waals surface area contributed by atoms with Crippen molar-refractivity contribution in [1.29, 1.82) is 0 Å². The fraction of sp³-hybridized carbons (Fsp3) is 0.739. The number of halogens is 1. The second-order valence-corrected chi connectivity index (χ2v) is 9.53. The first kappa shape index (κ1) is 26.1. The molecule has 0 unspecified atom stereocenters. The monoisotopic (exact) mass is 479 g/mol. The van der Waals surface area contributed by atoms with Gasteiger partial charge in [0.2, 0.25) is 18.1 Å². The number of nitrogens with zero attached hydrogens (tertiary/aromatic N) is 5. The molecule has 2 aliphatic rings. The molecule has 1 aliphatic heterocycles. The van der Waals surface area contributed by atoms with Crippen LogP contribution in [0.1, 0.15) is 57.7 Å². The molecule has 0 bridgehead atoms. The zero-order chi connectivity index (χ0) is 24.7. The molecule has 34 heavy (non-hydrogen) atoms. The number of aryl methyl sites for hydroxylation is 1. The average molecular weight is 480 g/mol. The highest BCUT2D eigenvalue weighted by Crippen LogP contribution is 2.31. The van der Waals surface area contributed by atoms with Crippen molar-refractivity contribution in [3.05, 3.63) is 11.6 Å². The maximum absolute atomic E-state index is 15.5. The lowest BCUT2D eigenvalue weighted by molar-refractivity contribution is -0.154. The second-order valence-electron chi connectivity index (χ2n) is 9.53. The minimum atomic E-state index is -0.621. The third-order valence-corrected chi connectivity index (χ3v) is 6.95. The lowest BCUT2D eigenvalue weighted by Crippen LogP contribution is -2.42. The van der Waals surface area contributed by atoms with Crippen molar-refractivity contribution in [2.75, 3.05) is 43.6 Å². The molecule has 0 aromatic carbocycles. The van der Waals surface area contributed by atoms with Crippen molar-refractivity contribution < 1.29 is 19.2 Å². The predicted molar refractivity (Wildman–Crippen MR) is 127 cm³/mol. The van der Waals surface area contributed by atoms with Crippen molar-refractivity contribution >= 4 is 24.0 Å². The molecule has 3 rings (SSSR count). The average Bonchev–Trinajstić information content (AvgIpc) is 3.50. The molecule has 2 heterocycles. The first-order valence-electron chi connectivity index (χ1n) is 12.3. The van der Waals surface area contributed by atoms with E-state index in [1.165, 1.54) is 0 Å². The first-order valence-corrected chi connectivity index (χ1v) is 12.3. The number of hydrogen-bond acceptors (Lipinski definition) is 8. The van der Waals surface area contributed by atoms with Crippen molar-refractivity contribution in [1.82, 2.24) is 25.4 Å². The molecule has 190 valence electrons. The highest BCUT2D eigenvalue weighted by atomic mass is 19.1. The maximum atomic E-state index is 15.5. The van der Waals surface area contributed by atoms with Gasteiger partial charge in [-0.3, -0.25) is 25.6 Å². The third kappa shape index (κ3) is 6.75. The van der Waals surface area contributed by atoms with Crippen LogP contribution in [0.4, 0.5) is 16.0 Å². The van der Waals surface area contributed by atoms with Gasteiger partial charge in [0.15, 0.2) is 11.6 Å². The van der Waals surface area contributed by atoms with Gasteiger partial charge in [-0.2, -0.15) is 4.39 Å². The number of hydrazine groups is 1. The van der Waals surface area contributed by atoms with Crippen LogP contribution in [0, 0.1) is 24.6 Å². The maximum Gasteiger partial charge on any atom is 0.243 e. The summed E-state index contributed by atoms with van der Waals surface area (Å²) in [5.74, 6) is -0.748. The molecular weight excluding hydrogens is 441 g/mol. The summed E-state index contributed by atoms with van der Waals surface area (Å²) in [4.78, 5) is 36.5. The fourth-order valence-corrected chi connectivity index (χ4v) is 5.02. The summed E-state index contributed by atoms with van der Waals surface area (Å²) in [7, 11) is 2.04. The minimum absolute atomic E-state index is 0.0961. The quantitative estimate of drug-likeness (QED) is 0.238. The Balaban J connectivity index is 1.71. The molecule has 1 aliphatic carbocycles. The Morgan fingerprint density at radius 3 is 2.71 bits per heavy atom. The Morgan fingerprint density at radius 1 is 1.29 bits per heavy atom. The van der Waals surface area contributed by atoms with Gasteiger partial charge in [-0.05, 0) is 45.7 Å². The molecule has 1 aromatic rings. The number of likely N-dealkylation sites (N-methyl/N-ethyl adjacent to an activating group) is 1. The SMILES string of the molecule is CCN(C)C[C@@H]1CCCN1c1nc(C)nc(NNC(=O)[C@@H](CC2CCCC2)CN(O)C=O)c1F. The molecule has 0 radical (unpaired) electrons. The number of hydroxylamine groups is 2. The van der Waals surface area contributed by atoms with Gasteiger partial charge in [0.1, 0.15) is 5.82 Å². The number of anilines is 2. The number of nitrogens with one attached hydrogen (secondary N) is 2. The van der Waals surface area contributed by atoms with E-state index in [-0.39, 0.29) is 30.6 Å². The van der Waals surface area contributed by atoms with Gasteiger partial charge < -0.3 is 9.80 Å². The second kappa shape index (κ2) is 12.3. The molecule has 1 saturated carbocycles. The lowest BCUT2D eigenvalue weighted by Gasteiger charge is -2.29. The van der Waals surface area contributed by atoms with E-state index in [9.17, 15) is 14.8 Å². The molecule has 2 atom stereocenters. The van der Waals surface area contributed by atoms with E-state index in [0.717, 1.165) is 51.6 Å². The smallest absolute Gasteiger partial charge is 0.243 e. The van der Waals surface area contributed by atoms with Crippen molar-refractivity contribution in [2.45, 2.75) is 64.8 Å². The Morgan fingerprint density at radius 2 is 2.03 bits per heavy atom. The normalized spacial score (nSPS) is 19.5. The van der Waals surface area contributed by atoms with E-state index in [0.29, 0.717) is 29.8 Å².